The third-order valence-corrected chi connectivity index (χ3v) is 3.43. The molecule has 0 aromatic carbocycles. The Morgan fingerprint density at radius 3 is 2.00 bits per heavy atom. The first-order valence-electron chi connectivity index (χ1n) is 5.99. The van der Waals surface area contributed by atoms with Crippen LogP contribution in [0.4, 0.5) is 0 Å². The number of rotatable bonds is 6. The molecule has 2 unspecified atom stereocenters. The molecule has 0 fully saturated rings. The number of hydrogen-bond donors (Lipinski definition) is 2. The van der Waals surface area contributed by atoms with E-state index < -0.39 is 0 Å². The Labute approximate surface area is 93.8 Å². The molecule has 0 rings (SSSR count). The lowest BCUT2D eigenvalue weighted by Gasteiger charge is -2.24. The van der Waals surface area contributed by atoms with Gasteiger partial charge in [-0.05, 0) is 18.8 Å². The normalized spacial score (nSPS) is 19.1. The molecular weight excluding hydrogens is 188 g/mol. The van der Waals surface area contributed by atoms with Crippen LogP contribution in [-0.4, -0.2) is 18.0 Å². The molecule has 3 nitrogen and oxygen atoms in total. The van der Waals surface area contributed by atoms with Crippen molar-refractivity contribution in [2.45, 2.75) is 59.5 Å². The molecule has 0 radical (unpaired) electrons. The van der Waals surface area contributed by atoms with Gasteiger partial charge in [0.15, 0.2) is 0 Å². The fourth-order valence-electron chi connectivity index (χ4n) is 1.33. The number of carbonyl (C=O) groups excluding carboxylic acids is 1. The van der Waals surface area contributed by atoms with Gasteiger partial charge in [0.05, 0.1) is 6.04 Å². The molecule has 15 heavy (non-hydrogen) atoms. The summed E-state index contributed by atoms with van der Waals surface area (Å²) < 4.78 is 0. The van der Waals surface area contributed by atoms with Gasteiger partial charge in [-0.2, -0.15) is 0 Å². The second kappa shape index (κ2) is 6.83. The minimum Gasteiger partial charge on any atom is -0.352 e. The minimum absolute atomic E-state index is 0.0165. The maximum Gasteiger partial charge on any atom is 0.237 e. The summed E-state index contributed by atoms with van der Waals surface area (Å²) in [6, 6.07) is -0.167. The van der Waals surface area contributed by atoms with Crippen LogP contribution in [0.1, 0.15) is 47.5 Å². The van der Waals surface area contributed by atoms with E-state index in [-0.39, 0.29) is 23.9 Å². The molecule has 0 spiro atoms. The van der Waals surface area contributed by atoms with Crippen molar-refractivity contribution in [1.82, 2.24) is 5.32 Å². The van der Waals surface area contributed by atoms with Crippen molar-refractivity contribution in [3.8, 4) is 0 Å². The Morgan fingerprint density at radius 1 is 1.13 bits per heavy atom. The molecule has 0 saturated carbocycles. The van der Waals surface area contributed by atoms with Gasteiger partial charge < -0.3 is 11.1 Å². The second-order valence-corrected chi connectivity index (χ2v) is 4.59. The summed E-state index contributed by atoms with van der Waals surface area (Å²) in [5.41, 5.74) is 5.85. The lowest BCUT2D eigenvalue weighted by atomic mass is 9.97. The van der Waals surface area contributed by atoms with Crippen molar-refractivity contribution < 1.29 is 4.79 Å². The standard InChI is InChI=1S/C12H26N2O/c1-6-8(3)10(5)14-12(15)11(13)9(4)7-2/h8-11H,6-7,13H2,1-5H3,(H,14,15)/t8?,9-,10?,11-/m0/s1. The summed E-state index contributed by atoms with van der Waals surface area (Å²) >= 11 is 0. The zero-order valence-electron chi connectivity index (χ0n) is 10.7. The van der Waals surface area contributed by atoms with Crippen molar-refractivity contribution in [2.75, 3.05) is 0 Å². The highest BCUT2D eigenvalue weighted by Crippen LogP contribution is 2.09. The molecule has 1 amide bonds. The summed E-state index contributed by atoms with van der Waals surface area (Å²) in [5, 5.41) is 2.98. The summed E-state index contributed by atoms with van der Waals surface area (Å²) in [6.07, 6.45) is 2.01. The van der Waals surface area contributed by atoms with E-state index in [1.165, 1.54) is 0 Å². The first-order chi connectivity index (χ1) is 6.93. The molecule has 0 bridgehead atoms. The first kappa shape index (κ1) is 14.4. The Morgan fingerprint density at radius 2 is 1.60 bits per heavy atom. The molecule has 0 aromatic rings. The van der Waals surface area contributed by atoms with Crippen LogP contribution < -0.4 is 11.1 Å². The van der Waals surface area contributed by atoms with Gasteiger partial charge in [-0.1, -0.05) is 40.5 Å². The van der Waals surface area contributed by atoms with Crippen LogP contribution in [0.25, 0.3) is 0 Å². The van der Waals surface area contributed by atoms with E-state index in [1.807, 2.05) is 13.8 Å². The molecule has 3 heteroatoms. The highest BCUT2D eigenvalue weighted by molar-refractivity contribution is 5.82. The van der Waals surface area contributed by atoms with Crippen LogP contribution in [0, 0.1) is 11.8 Å². The summed E-state index contributed by atoms with van der Waals surface area (Å²) in [6.45, 7) is 10.4. The summed E-state index contributed by atoms with van der Waals surface area (Å²) in [5.74, 6) is 0.726. The molecule has 0 aliphatic carbocycles. The molecule has 0 saturated heterocycles. The molecule has 4 atom stereocenters. The molecule has 0 heterocycles. The van der Waals surface area contributed by atoms with Crippen LogP contribution in [0.2, 0.25) is 0 Å². The summed E-state index contributed by atoms with van der Waals surface area (Å²) in [4.78, 5) is 11.7. The van der Waals surface area contributed by atoms with Gasteiger partial charge in [-0.15, -0.1) is 0 Å². The highest BCUT2D eigenvalue weighted by atomic mass is 16.2. The average molecular weight is 214 g/mol. The predicted molar refractivity (Wildman–Crippen MR) is 64.5 cm³/mol. The third kappa shape index (κ3) is 4.65. The highest BCUT2D eigenvalue weighted by Gasteiger charge is 2.22. The largest absolute Gasteiger partial charge is 0.352 e. The number of nitrogens with one attached hydrogen (secondary N) is 1. The molecule has 0 aliphatic rings. The van der Waals surface area contributed by atoms with E-state index in [1.54, 1.807) is 0 Å². The van der Waals surface area contributed by atoms with Gasteiger partial charge in [0.1, 0.15) is 0 Å². The van der Waals surface area contributed by atoms with E-state index in [2.05, 4.69) is 26.1 Å². The Hall–Kier alpha value is -0.570. The fraction of sp³-hybridized carbons (Fsp3) is 0.917. The fourth-order valence-corrected chi connectivity index (χ4v) is 1.33. The lowest BCUT2D eigenvalue weighted by Crippen LogP contribution is -2.49. The van der Waals surface area contributed by atoms with E-state index in [9.17, 15) is 4.79 Å². The Bertz CT molecular complexity index is 194. The average Bonchev–Trinajstić information content (AvgIpc) is 2.25. The predicted octanol–water partition coefficient (Wildman–Crippen LogP) is 1.91. The zero-order chi connectivity index (χ0) is 12.0. The van der Waals surface area contributed by atoms with Crippen LogP contribution in [-0.2, 0) is 4.79 Å². The van der Waals surface area contributed by atoms with Crippen molar-refractivity contribution in [3.05, 3.63) is 0 Å². The van der Waals surface area contributed by atoms with Crippen molar-refractivity contribution >= 4 is 5.91 Å². The number of carbonyl (C=O) groups is 1. The van der Waals surface area contributed by atoms with Crippen LogP contribution >= 0.6 is 0 Å². The maximum absolute atomic E-state index is 11.7. The van der Waals surface area contributed by atoms with Crippen LogP contribution in [0.15, 0.2) is 0 Å². The van der Waals surface area contributed by atoms with Crippen molar-refractivity contribution in [2.24, 2.45) is 17.6 Å². The topological polar surface area (TPSA) is 55.1 Å². The quantitative estimate of drug-likeness (QED) is 0.709. The van der Waals surface area contributed by atoms with Crippen LogP contribution in [0.5, 0.6) is 0 Å². The number of nitrogens with two attached hydrogens (primary N) is 1. The number of amides is 1. The van der Waals surface area contributed by atoms with E-state index >= 15 is 0 Å². The molecule has 0 aromatic heterocycles. The van der Waals surface area contributed by atoms with Crippen molar-refractivity contribution in [1.29, 1.82) is 0 Å². The molecular formula is C12H26N2O. The Kier molecular flexibility index (Phi) is 6.57. The van der Waals surface area contributed by atoms with Gasteiger partial charge in [0.2, 0.25) is 5.91 Å². The second-order valence-electron chi connectivity index (χ2n) is 4.59. The smallest absolute Gasteiger partial charge is 0.237 e. The molecule has 3 N–H and O–H groups in total. The monoisotopic (exact) mass is 214 g/mol. The van der Waals surface area contributed by atoms with Crippen molar-refractivity contribution in [3.63, 3.8) is 0 Å². The van der Waals surface area contributed by atoms with Gasteiger partial charge >= 0.3 is 0 Å². The lowest BCUT2D eigenvalue weighted by molar-refractivity contribution is -0.124. The molecule has 90 valence electrons. The van der Waals surface area contributed by atoms with Gasteiger partial charge in [0, 0.05) is 6.04 Å². The first-order valence-corrected chi connectivity index (χ1v) is 5.99. The van der Waals surface area contributed by atoms with Gasteiger partial charge in [-0.25, -0.2) is 0 Å². The zero-order valence-corrected chi connectivity index (χ0v) is 10.7. The van der Waals surface area contributed by atoms with E-state index in [4.69, 9.17) is 5.73 Å². The Balaban J connectivity index is 4.12. The third-order valence-electron chi connectivity index (χ3n) is 3.43. The minimum atomic E-state index is -0.374. The van der Waals surface area contributed by atoms with Gasteiger partial charge in [-0.3, -0.25) is 4.79 Å². The van der Waals surface area contributed by atoms with Crippen LogP contribution in [0.3, 0.4) is 0 Å². The summed E-state index contributed by atoms with van der Waals surface area (Å²) in [7, 11) is 0. The van der Waals surface area contributed by atoms with E-state index in [0.717, 1.165) is 12.8 Å². The maximum atomic E-state index is 11.7. The number of hydrogen-bond acceptors (Lipinski definition) is 2. The van der Waals surface area contributed by atoms with E-state index in [0.29, 0.717) is 5.92 Å². The van der Waals surface area contributed by atoms with Gasteiger partial charge in [0.25, 0.3) is 0 Å². The SMILES string of the molecule is CCC(C)C(C)NC(=O)[C@@H](N)[C@@H](C)CC. The molecule has 0 aliphatic heterocycles.